The number of unbranched alkanes of at least 4 members (excludes halogenated alkanes) is 5. The maximum Gasteiger partial charge on any atom is 0.312 e. The Morgan fingerprint density at radius 1 is 1.18 bits per heavy atom. The Morgan fingerprint density at radius 3 is 2.61 bits per heavy atom. The van der Waals surface area contributed by atoms with Gasteiger partial charge in [-0.1, -0.05) is 38.8 Å². The number of carbonyl (C=O) groups excluding carboxylic acids is 3. The molecule has 38 heavy (non-hydrogen) atoms. The van der Waals surface area contributed by atoms with Gasteiger partial charge in [-0.3, -0.25) is 14.4 Å². The van der Waals surface area contributed by atoms with Crippen molar-refractivity contribution in [2.45, 2.75) is 95.8 Å². The summed E-state index contributed by atoms with van der Waals surface area (Å²) in [7, 11) is 0. The lowest BCUT2D eigenvalue weighted by atomic mass is 9.62. The van der Waals surface area contributed by atoms with Crippen LogP contribution < -0.4 is 0 Å². The van der Waals surface area contributed by atoms with E-state index in [1.54, 1.807) is 22.0 Å². The minimum atomic E-state index is -1.06. The first kappa shape index (κ1) is 30.4. The largest absolute Gasteiger partial charge is 0.465 e. The highest BCUT2D eigenvalue weighted by molar-refractivity contribution is 5.98. The van der Waals surface area contributed by atoms with Gasteiger partial charge in [0.2, 0.25) is 11.8 Å². The fourth-order valence-electron chi connectivity index (χ4n) is 6.85. The zero-order chi connectivity index (χ0) is 27.9. The molecule has 214 valence electrons. The van der Waals surface area contributed by atoms with Crippen LogP contribution in [-0.2, 0) is 23.9 Å². The summed E-state index contributed by atoms with van der Waals surface area (Å²) in [6.07, 6.45) is 10.4. The average molecular weight is 533 g/mol. The lowest BCUT2D eigenvalue weighted by Gasteiger charge is -2.37. The number of allylic oxidation sites excluding steroid dienone is 1. The van der Waals surface area contributed by atoms with Crippen molar-refractivity contribution >= 4 is 17.8 Å². The van der Waals surface area contributed by atoms with Crippen LogP contribution in [0.3, 0.4) is 0 Å². The molecule has 2 amide bonds. The van der Waals surface area contributed by atoms with Crippen molar-refractivity contribution < 1.29 is 29.0 Å². The fourth-order valence-corrected chi connectivity index (χ4v) is 6.85. The molecule has 2 bridgehead atoms. The fraction of sp³-hybridized carbons (Fsp3) is 0.767. The number of likely N-dealkylation sites (tertiary alicyclic amines) is 1. The molecule has 0 aromatic rings. The van der Waals surface area contributed by atoms with Gasteiger partial charge in [0.15, 0.2) is 0 Å². The number of amides is 2. The molecule has 3 heterocycles. The van der Waals surface area contributed by atoms with Crippen molar-refractivity contribution in [1.29, 1.82) is 0 Å². The van der Waals surface area contributed by atoms with E-state index >= 15 is 0 Å². The van der Waals surface area contributed by atoms with Gasteiger partial charge < -0.3 is 24.4 Å². The van der Waals surface area contributed by atoms with Crippen LogP contribution in [0.1, 0.15) is 78.6 Å². The van der Waals surface area contributed by atoms with Crippen LogP contribution in [0.4, 0.5) is 0 Å². The van der Waals surface area contributed by atoms with Crippen molar-refractivity contribution in [3.63, 3.8) is 0 Å². The Morgan fingerprint density at radius 2 is 1.95 bits per heavy atom. The van der Waals surface area contributed by atoms with Crippen LogP contribution >= 0.6 is 0 Å². The lowest BCUT2D eigenvalue weighted by Crippen LogP contribution is -2.56. The van der Waals surface area contributed by atoms with E-state index in [2.05, 4.69) is 20.1 Å². The second-order valence-electron chi connectivity index (χ2n) is 11.4. The highest BCUT2D eigenvalue weighted by Gasteiger charge is 2.80. The smallest absolute Gasteiger partial charge is 0.312 e. The number of aliphatic hydroxyl groups excluding tert-OH is 1. The van der Waals surface area contributed by atoms with E-state index in [9.17, 15) is 19.5 Å². The molecule has 0 aromatic carbocycles. The van der Waals surface area contributed by atoms with Gasteiger partial charge in [-0.15, -0.1) is 13.2 Å². The second kappa shape index (κ2) is 13.2. The summed E-state index contributed by atoms with van der Waals surface area (Å²) in [5.41, 5.74) is -1.93. The van der Waals surface area contributed by atoms with Crippen molar-refractivity contribution in [1.82, 2.24) is 9.80 Å². The van der Waals surface area contributed by atoms with Crippen molar-refractivity contribution in [2.75, 3.05) is 32.8 Å². The average Bonchev–Trinajstić information content (AvgIpc) is 3.40. The van der Waals surface area contributed by atoms with Gasteiger partial charge in [-0.25, -0.2) is 0 Å². The van der Waals surface area contributed by atoms with Crippen molar-refractivity contribution in [3.05, 3.63) is 25.3 Å². The van der Waals surface area contributed by atoms with E-state index in [1.807, 2.05) is 13.8 Å². The van der Waals surface area contributed by atoms with Gasteiger partial charge in [-0.05, 0) is 57.8 Å². The molecule has 3 fully saturated rings. The van der Waals surface area contributed by atoms with Gasteiger partial charge in [0.25, 0.3) is 0 Å². The van der Waals surface area contributed by atoms with Crippen LogP contribution in [0.2, 0.25) is 0 Å². The van der Waals surface area contributed by atoms with Crippen LogP contribution in [0.5, 0.6) is 0 Å². The number of carbonyl (C=O) groups is 3. The summed E-state index contributed by atoms with van der Waals surface area (Å²) in [5.74, 6) is -2.26. The van der Waals surface area contributed by atoms with E-state index in [0.717, 1.165) is 32.1 Å². The SMILES string of the molecule is C=CCCCOC(=O)[C@H]1[C@H]2C(=O)N(CCCCCO)C(C(=O)N(CC=C)CCCCC)C23CC(C)[C@]1(C)O3. The molecule has 0 aromatic heterocycles. The molecule has 1 spiro atoms. The molecule has 3 saturated heterocycles. The predicted octanol–water partition coefficient (Wildman–Crippen LogP) is 3.87. The molecule has 0 saturated carbocycles. The van der Waals surface area contributed by atoms with Crippen LogP contribution in [-0.4, -0.2) is 82.8 Å². The van der Waals surface area contributed by atoms with Gasteiger partial charge in [0, 0.05) is 26.2 Å². The number of aliphatic hydroxyl groups is 1. The molecule has 1 N–H and O–H groups in total. The third-order valence-electron chi connectivity index (χ3n) is 8.85. The summed E-state index contributed by atoms with van der Waals surface area (Å²) >= 11 is 0. The molecule has 3 rings (SSSR count). The zero-order valence-corrected chi connectivity index (χ0v) is 23.7. The third-order valence-corrected chi connectivity index (χ3v) is 8.85. The Labute approximate surface area is 228 Å². The van der Waals surface area contributed by atoms with Crippen molar-refractivity contribution in [3.8, 4) is 0 Å². The molecule has 3 aliphatic rings. The summed E-state index contributed by atoms with van der Waals surface area (Å²) in [6.45, 7) is 15.4. The molecule has 6 atom stereocenters. The van der Waals surface area contributed by atoms with Crippen LogP contribution in [0.15, 0.2) is 25.3 Å². The van der Waals surface area contributed by atoms with E-state index in [4.69, 9.17) is 9.47 Å². The number of nitrogens with zero attached hydrogens (tertiary/aromatic N) is 2. The first-order valence-corrected chi connectivity index (χ1v) is 14.5. The standard InChI is InChI=1S/C30H48N2O6/c1-6-9-12-17-31(16-8-3)27(35)25-30-21-22(4)29(5,38-30)24(28(36)37-20-15-10-7-2)23(30)26(34)32(25)18-13-11-14-19-33/h7-8,22-25,33H,2-3,6,9-21H2,1,4-5H3/t22?,23-,24+,25?,29-,30?/m0/s1. The van der Waals surface area contributed by atoms with Gasteiger partial charge in [-0.2, -0.15) is 0 Å². The minimum absolute atomic E-state index is 0.0186. The first-order valence-electron chi connectivity index (χ1n) is 14.5. The molecular weight excluding hydrogens is 484 g/mol. The van der Waals surface area contributed by atoms with Gasteiger partial charge in [0.1, 0.15) is 17.6 Å². The third kappa shape index (κ3) is 5.57. The van der Waals surface area contributed by atoms with Crippen LogP contribution in [0.25, 0.3) is 0 Å². The van der Waals surface area contributed by atoms with E-state index in [-0.39, 0.29) is 30.9 Å². The predicted molar refractivity (Wildman–Crippen MR) is 146 cm³/mol. The van der Waals surface area contributed by atoms with Gasteiger partial charge >= 0.3 is 5.97 Å². The molecule has 0 aliphatic carbocycles. The normalized spacial score (nSPS) is 31.4. The monoisotopic (exact) mass is 532 g/mol. The molecule has 8 nitrogen and oxygen atoms in total. The van der Waals surface area contributed by atoms with Crippen molar-refractivity contribution in [2.24, 2.45) is 17.8 Å². The highest BCUT2D eigenvalue weighted by Crippen LogP contribution is 2.65. The minimum Gasteiger partial charge on any atom is -0.465 e. The Kier molecular flexibility index (Phi) is 10.6. The molecule has 0 radical (unpaired) electrons. The Bertz CT molecular complexity index is 877. The number of hydrogen-bond acceptors (Lipinski definition) is 6. The van der Waals surface area contributed by atoms with E-state index in [0.29, 0.717) is 45.3 Å². The highest BCUT2D eigenvalue weighted by atomic mass is 16.6. The number of rotatable bonds is 17. The molecule has 3 unspecified atom stereocenters. The molecular formula is C30H48N2O6. The quantitative estimate of drug-likeness (QED) is 0.174. The summed E-state index contributed by atoms with van der Waals surface area (Å²) in [4.78, 5) is 45.3. The number of esters is 1. The van der Waals surface area contributed by atoms with E-state index in [1.165, 1.54) is 0 Å². The summed E-state index contributed by atoms with van der Waals surface area (Å²) in [6, 6.07) is -0.793. The number of ether oxygens (including phenoxy) is 2. The summed E-state index contributed by atoms with van der Waals surface area (Å²) in [5, 5.41) is 9.23. The topological polar surface area (TPSA) is 96.4 Å². The Balaban J connectivity index is 1.97. The maximum atomic E-state index is 14.3. The first-order chi connectivity index (χ1) is 18.2. The molecule has 8 heteroatoms. The maximum absolute atomic E-state index is 14.3. The lowest BCUT2D eigenvalue weighted by molar-refractivity contribution is -0.162. The zero-order valence-electron chi connectivity index (χ0n) is 23.7. The van der Waals surface area contributed by atoms with E-state index < -0.39 is 35.0 Å². The van der Waals surface area contributed by atoms with Gasteiger partial charge in [0.05, 0.1) is 18.1 Å². The molecule has 3 aliphatic heterocycles. The number of fused-ring (bicyclic) bond motifs is 1. The summed E-state index contributed by atoms with van der Waals surface area (Å²) < 4.78 is 12.4. The Hall–Kier alpha value is -2.19. The number of hydrogen-bond donors (Lipinski definition) is 1. The second-order valence-corrected chi connectivity index (χ2v) is 11.4. The van der Waals surface area contributed by atoms with Crippen LogP contribution in [0, 0.1) is 17.8 Å².